The summed E-state index contributed by atoms with van der Waals surface area (Å²) in [6.07, 6.45) is 4.81. The lowest BCUT2D eigenvalue weighted by Gasteiger charge is -2.25. The summed E-state index contributed by atoms with van der Waals surface area (Å²) in [5.74, 6) is 1.80. The molecule has 0 unspecified atom stereocenters. The summed E-state index contributed by atoms with van der Waals surface area (Å²) in [5, 5.41) is 11.9. The summed E-state index contributed by atoms with van der Waals surface area (Å²) in [6.45, 7) is 4.74. The first-order valence-electron chi connectivity index (χ1n) is 10.1. The van der Waals surface area contributed by atoms with Crippen molar-refractivity contribution in [3.05, 3.63) is 66.0 Å². The van der Waals surface area contributed by atoms with Crippen LogP contribution in [0.2, 0.25) is 5.02 Å². The standard InChI is InChI=1S/C22H23ClN6O3/c1-22(2,32-16-7-5-15(23)6-8-16)21(30)24-9-10-29-20-18(13-28-29)19(26-14-27-20)25-12-17-4-3-11-31-17/h3-8,11,13-14H,9-10,12H2,1-2H3,(H,24,30)(H,25,26,27). The Balaban J connectivity index is 1.35. The van der Waals surface area contributed by atoms with Gasteiger partial charge in [-0.15, -0.1) is 0 Å². The van der Waals surface area contributed by atoms with Crippen LogP contribution in [0.5, 0.6) is 5.75 Å². The van der Waals surface area contributed by atoms with Crippen molar-refractivity contribution in [2.24, 2.45) is 0 Å². The Hall–Kier alpha value is -3.59. The molecule has 1 amide bonds. The van der Waals surface area contributed by atoms with Gasteiger partial charge in [0.15, 0.2) is 11.2 Å². The Morgan fingerprint density at radius 3 is 2.78 bits per heavy atom. The molecule has 4 aromatic rings. The molecule has 9 nitrogen and oxygen atoms in total. The fraction of sp³-hybridized carbons (Fsp3) is 0.273. The van der Waals surface area contributed by atoms with E-state index in [-0.39, 0.29) is 5.91 Å². The van der Waals surface area contributed by atoms with Crippen molar-refractivity contribution >= 4 is 34.4 Å². The van der Waals surface area contributed by atoms with Gasteiger partial charge in [0.25, 0.3) is 5.91 Å². The van der Waals surface area contributed by atoms with Crippen molar-refractivity contribution in [1.29, 1.82) is 0 Å². The zero-order valence-corrected chi connectivity index (χ0v) is 18.5. The maximum Gasteiger partial charge on any atom is 0.263 e. The number of halogens is 1. The number of fused-ring (bicyclic) bond motifs is 1. The lowest BCUT2D eigenvalue weighted by molar-refractivity contribution is -0.134. The van der Waals surface area contributed by atoms with Crippen LogP contribution in [0.25, 0.3) is 11.0 Å². The average molecular weight is 455 g/mol. The lowest BCUT2D eigenvalue weighted by atomic mass is 10.1. The van der Waals surface area contributed by atoms with Gasteiger partial charge in [0, 0.05) is 11.6 Å². The topological polar surface area (TPSA) is 107 Å². The number of carbonyl (C=O) groups excluding carboxylic acids is 1. The number of ether oxygens (including phenoxy) is 1. The zero-order valence-electron chi connectivity index (χ0n) is 17.7. The van der Waals surface area contributed by atoms with E-state index in [2.05, 4.69) is 25.7 Å². The van der Waals surface area contributed by atoms with Gasteiger partial charge in [-0.2, -0.15) is 5.10 Å². The highest BCUT2D eigenvalue weighted by Gasteiger charge is 2.29. The third kappa shape index (κ3) is 5.00. The van der Waals surface area contributed by atoms with E-state index in [9.17, 15) is 4.79 Å². The van der Waals surface area contributed by atoms with Crippen LogP contribution in [0.1, 0.15) is 19.6 Å². The quantitative estimate of drug-likeness (QED) is 0.397. The molecule has 3 heterocycles. The van der Waals surface area contributed by atoms with Crippen LogP contribution in [0.15, 0.2) is 59.6 Å². The largest absolute Gasteiger partial charge is 0.478 e. The number of hydrogen-bond acceptors (Lipinski definition) is 7. The van der Waals surface area contributed by atoms with Gasteiger partial charge in [-0.3, -0.25) is 4.79 Å². The molecule has 0 radical (unpaired) electrons. The van der Waals surface area contributed by atoms with Gasteiger partial charge in [0.1, 0.15) is 23.7 Å². The van der Waals surface area contributed by atoms with Crippen LogP contribution in [0, 0.1) is 0 Å². The number of nitrogens with zero attached hydrogens (tertiary/aromatic N) is 4. The molecule has 3 aromatic heterocycles. The van der Waals surface area contributed by atoms with Gasteiger partial charge >= 0.3 is 0 Å². The number of rotatable bonds is 9. The van der Waals surface area contributed by atoms with Gasteiger partial charge in [-0.25, -0.2) is 14.6 Å². The van der Waals surface area contributed by atoms with E-state index in [0.717, 1.165) is 11.1 Å². The van der Waals surface area contributed by atoms with E-state index in [1.54, 1.807) is 55.3 Å². The first-order chi connectivity index (χ1) is 15.4. The Bertz CT molecular complexity index is 1190. The molecule has 0 aliphatic heterocycles. The molecule has 0 atom stereocenters. The number of aromatic nitrogens is 4. The van der Waals surface area contributed by atoms with Crippen LogP contribution in [-0.4, -0.2) is 37.8 Å². The number of nitrogens with one attached hydrogen (secondary N) is 2. The number of furan rings is 1. The van der Waals surface area contributed by atoms with Gasteiger partial charge in [0.2, 0.25) is 0 Å². The number of carbonyl (C=O) groups is 1. The molecule has 0 aliphatic rings. The Kier molecular flexibility index (Phi) is 6.27. The van der Waals surface area contributed by atoms with Crippen molar-refractivity contribution in [2.75, 3.05) is 11.9 Å². The van der Waals surface area contributed by atoms with Gasteiger partial charge < -0.3 is 19.8 Å². The molecular weight excluding hydrogens is 432 g/mol. The van der Waals surface area contributed by atoms with E-state index in [1.807, 2.05) is 12.1 Å². The number of anilines is 1. The summed E-state index contributed by atoms with van der Waals surface area (Å²) >= 11 is 5.89. The molecule has 2 N–H and O–H groups in total. The number of benzene rings is 1. The van der Waals surface area contributed by atoms with Crippen LogP contribution in [0.4, 0.5) is 5.82 Å². The van der Waals surface area contributed by atoms with Crippen molar-refractivity contribution in [3.8, 4) is 5.75 Å². The number of hydrogen-bond donors (Lipinski definition) is 2. The first kappa shape index (κ1) is 21.6. The smallest absolute Gasteiger partial charge is 0.263 e. The third-order valence-electron chi connectivity index (χ3n) is 4.79. The first-order valence-corrected chi connectivity index (χ1v) is 10.5. The highest BCUT2D eigenvalue weighted by molar-refractivity contribution is 6.30. The van der Waals surface area contributed by atoms with Crippen molar-refractivity contribution in [1.82, 2.24) is 25.1 Å². The number of amides is 1. The molecule has 166 valence electrons. The Morgan fingerprint density at radius 1 is 1.22 bits per heavy atom. The molecule has 0 saturated heterocycles. The highest BCUT2D eigenvalue weighted by atomic mass is 35.5. The molecule has 10 heteroatoms. The van der Waals surface area contributed by atoms with Gasteiger partial charge in [-0.05, 0) is 50.2 Å². The zero-order chi connectivity index (χ0) is 22.6. The average Bonchev–Trinajstić information content (AvgIpc) is 3.44. The third-order valence-corrected chi connectivity index (χ3v) is 5.04. The minimum absolute atomic E-state index is 0.237. The monoisotopic (exact) mass is 454 g/mol. The second-order valence-corrected chi connectivity index (χ2v) is 8.02. The van der Waals surface area contributed by atoms with Crippen LogP contribution < -0.4 is 15.4 Å². The fourth-order valence-corrected chi connectivity index (χ4v) is 3.24. The van der Waals surface area contributed by atoms with Crippen molar-refractivity contribution in [3.63, 3.8) is 0 Å². The molecule has 0 fully saturated rings. The van der Waals surface area contributed by atoms with E-state index in [4.69, 9.17) is 20.8 Å². The van der Waals surface area contributed by atoms with E-state index < -0.39 is 5.60 Å². The fourth-order valence-electron chi connectivity index (χ4n) is 3.11. The summed E-state index contributed by atoms with van der Waals surface area (Å²) in [6, 6.07) is 10.6. The van der Waals surface area contributed by atoms with Crippen LogP contribution in [-0.2, 0) is 17.9 Å². The predicted molar refractivity (Wildman–Crippen MR) is 121 cm³/mol. The lowest BCUT2D eigenvalue weighted by Crippen LogP contribution is -2.47. The van der Waals surface area contributed by atoms with E-state index in [0.29, 0.717) is 41.9 Å². The SMILES string of the molecule is CC(C)(Oc1ccc(Cl)cc1)C(=O)NCCn1ncc2c(NCc3ccco3)ncnc21. The maximum absolute atomic E-state index is 12.6. The van der Waals surface area contributed by atoms with Crippen molar-refractivity contribution < 1.29 is 13.9 Å². The Morgan fingerprint density at radius 2 is 2.03 bits per heavy atom. The summed E-state index contributed by atoms with van der Waals surface area (Å²) < 4.78 is 12.9. The molecule has 32 heavy (non-hydrogen) atoms. The van der Waals surface area contributed by atoms with E-state index in [1.165, 1.54) is 6.33 Å². The van der Waals surface area contributed by atoms with Crippen molar-refractivity contribution in [2.45, 2.75) is 32.5 Å². The molecule has 0 aliphatic carbocycles. The van der Waals surface area contributed by atoms with Gasteiger partial charge in [-0.1, -0.05) is 11.6 Å². The normalized spacial score (nSPS) is 11.5. The minimum atomic E-state index is -1.05. The summed E-state index contributed by atoms with van der Waals surface area (Å²) in [7, 11) is 0. The van der Waals surface area contributed by atoms with E-state index >= 15 is 0 Å². The predicted octanol–water partition coefficient (Wildman–Crippen LogP) is 3.66. The minimum Gasteiger partial charge on any atom is -0.478 e. The summed E-state index contributed by atoms with van der Waals surface area (Å²) in [5.41, 5.74) is -0.377. The molecule has 0 bridgehead atoms. The highest BCUT2D eigenvalue weighted by Crippen LogP contribution is 2.21. The molecule has 0 spiro atoms. The van der Waals surface area contributed by atoms with Gasteiger partial charge in [0.05, 0.1) is 30.9 Å². The molecular formula is C22H23ClN6O3. The Labute approximate surface area is 189 Å². The maximum atomic E-state index is 12.6. The second kappa shape index (κ2) is 9.27. The summed E-state index contributed by atoms with van der Waals surface area (Å²) in [4.78, 5) is 21.3. The molecule has 4 rings (SSSR count). The molecule has 0 saturated carbocycles. The molecule has 1 aromatic carbocycles. The van der Waals surface area contributed by atoms with Crippen LogP contribution >= 0.6 is 11.6 Å². The van der Waals surface area contributed by atoms with Crippen LogP contribution in [0.3, 0.4) is 0 Å². The second-order valence-electron chi connectivity index (χ2n) is 7.58.